The van der Waals surface area contributed by atoms with Gasteiger partial charge in [-0.3, -0.25) is 0 Å². The number of hydrogen-bond donors (Lipinski definition) is 2. The highest BCUT2D eigenvalue weighted by Gasteiger charge is 2.36. The van der Waals surface area contributed by atoms with E-state index in [2.05, 4.69) is 29.7 Å². The van der Waals surface area contributed by atoms with Crippen LogP contribution in [0.2, 0.25) is 5.02 Å². The van der Waals surface area contributed by atoms with E-state index in [1.54, 1.807) is 7.11 Å². The Morgan fingerprint density at radius 1 is 1.10 bits per heavy atom. The van der Waals surface area contributed by atoms with E-state index in [0.717, 1.165) is 61.4 Å². The van der Waals surface area contributed by atoms with Gasteiger partial charge in [0.15, 0.2) is 5.96 Å². The van der Waals surface area contributed by atoms with E-state index < -0.39 is 0 Å². The average Bonchev–Trinajstić information content (AvgIpc) is 2.77. The summed E-state index contributed by atoms with van der Waals surface area (Å²) >= 11 is 6.56. The van der Waals surface area contributed by atoms with E-state index in [9.17, 15) is 0 Å². The largest absolute Gasteiger partial charge is 0.497 e. The Bertz CT molecular complexity index is 808. The molecule has 0 unspecified atom stereocenters. The van der Waals surface area contributed by atoms with E-state index in [1.807, 2.05) is 36.4 Å². The van der Waals surface area contributed by atoms with Crippen LogP contribution in [0.4, 0.5) is 0 Å². The van der Waals surface area contributed by atoms with Crippen molar-refractivity contribution < 1.29 is 9.47 Å². The maximum absolute atomic E-state index is 6.56. The zero-order chi connectivity index (χ0) is 20.5. The molecule has 1 saturated heterocycles. The van der Waals surface area contributed by atoms with Crippen molar-refractivity contribution >= 4 is 41.5 Å². The first-order valence-electron chi connectivity index (χ1n) is 10.1. The maximum atomic E-state index is 6.56. The summed E-state index contributed by atoms with van der Waals surface area (Å²) < 4.78 is 10.9. The molecule has 5 nitrogen and oxygen atoms in total. The summed E-state index contributed by atoms with van der Waals surface area (Å²) in [4.78, 5) is 4.76. The molecular formula is C23H31ClIN3O2. The Labute approximate surface area is 201 Å². The van der Waals surface area contributed by atoms with Crippen molar-refractivity contribution in [1.29, 1.82) is 0 Å². The quantitative estimate of drug-likeness (QED) is 0.300. The molecule has 1 fully saturated rings. The number of rotatable bonds is 7. The van der Waals surface area contributed by atoms with Crippen LogP contribution in [-0.4, -0.2) is 39.4 Å². The van der Waals surface area contributed by atoms with Crippen LogP contribution >= 0.6 is 35.6 Å². The number of methoxy groups -OCH3 is 1. The SMILES string of the molecule is CCNC(=NCc1ccc(OC)cc1)NCC1(c2ccccc2Cl)CCOCC1.I. The molecule has 164 valence electrons. The molecule has 2 N–H and O–H groups in total. The van der Waals surface area contributed by atoms with Gasteiger partial charge >= 0.3 is 0 Å². The van der Waals surface area contributed by atoms with Crippen molar-refractivity contribution in [3.05, 3.63) is 64.7 Å². The van der Waals surface area contributed by atoms with Crippen molar-refractivity contribution in [3.63, 3.8) is 0 Å². The third kappa shape index (κ3) is 6.49. The molecule has 0 atom stereocenters. The Kier molecular flexibility index (Phi) is 10.2. The fourth-order valence-corrected chi connectivity index (χ4v) is 4.03. The first-order chi connectivity index (χ1) is 14.2. The second-order valence-electron chi connectivity index (χ2n) is 7.27. The van der Waals surface area contributed by atoms with Crippen LogP contribution in [0.3, 0.4) is 0 Å². The normalized spacial score (nSPS) is 15.8. The first-order valence-corrected chi connectivity index (χ1v) is 10.5. The molecule has 1 heterocycles. The number of halogens is 2. The zero-order valence-electron chi connectivity index (χ0n) is 17.6. The fourth-order valence-electron chi connectivity index (χ4n) is 3.69. The molecule has 0 saturated carbocycles. The Morgan fingerprint density at radius 2 is 1.80 bits per heavy atom. The van der Waals surface area contributed by atoms with Crippen LogP contribution in [0.1, 0.15) is 30.9 Å². The highest BCUT2D eigenvalue weighted by atomic mass is 127. The molecule has 0 radical (unpaired) electrons. The number of nitrogens with zero attached hydrogens (tertiary/aromatic N) is 1. The maximum Gasteiger partial charge on any atom is 0.191 e. The minimum atomic E-state index is -0.0626. The number of ether oxygens (including phenoxy) is 2. The molecule has 0 aromatic heterocycles. The van der Waals surface area contributed by atoms with E-state index in [-0.39, 0.29) is 29.4 Å². The van der Waals surface area contributed by atoms with Crippen molar-refractivity contribution in [2.45, 2.75) is 31.7 Å². The number of guanidine groups is 1. The van der Waals surface area contributed by atoms with Gasteiger partial charge in [0.05, 0.1) is 13.7 Å². The van der Waals surface area contributed by atoms with E-state index in [0.29, 0.717) is 6.54 Å². The second-order valence-corrected chi connectivity index (χ2v) is 7.68. The molecule has 0 aliphatic carbocycles. The molecule has 7 heteroatoms. The molecule has 30 heavy (non-hydrogen) atoms. The van der Waals surface area contributed by atoms with Crippen LogP contribution in [0, 0.1) is 0 Å². The lowest BCUT2D eigenvalue weighted by molar-refractivity contribution is 0.0514. The van der Waals surface area contributed by atoms with Gasteiger partial charge in [-0.25, -0.2) is 4.99 Å². The lowest BCUT2D eigenvalue weighted by Gasteiger charge is -2.38. The Balaban J connectivity index is 0.00000320. The minimum absolute atomic E-state index is 0. The zero-order valence-corrected chi connectivity index (χ0v) is 20.7. The second kappa shape index (κ2) is 12.4. The number of nitrogens with one attached hydrogen (secondary N) is 2. The summed E-state index contributed by atoms with van der Waals surface area (Å²) in [5.74, 6) is 1.66. The summed E-state index contributed by atoms with van der Waals surface area (Å²) in [6, 6.07) is 16.1. The van der Waals surface area contributed by atoms with E-state index in [4.69, 9.17) is 26.1 Å². The summed E-state index contributed by atoms with van der Waals surface area (Å²) in [7, 11) is 1.67. The number of hydrogen-bond acceptors (Lipinski definition) is 3. The monoisotopic (exact) mass is 543 g/mol. The predicted octanol–water partition coefficient (Wildman–Crippen LogP) is 4.77. The molecule has 0 bridgehead atoms. The van der Waals surface area contributed by atoms with Crippen LogP contribution in [0.15, 0.2) is 53.5 Å². The summed E-state index contributed by atoms with van der Waals surface area (Å²) in [6.07, 6.45) is 1.86. The van der Waals surface area contributed by atoms with Crippen LogP contribution in [0.25, 0.3) is 0 Å². The molecule has 0 amide bonds. The first kappa shape index (κ1) is 24.8. The third-order valence-corrected chi connectivity index (χ3v) is 5.74. The predicted molar refractivity (Wildman–Crippen MR) is 134 cm³/mol. The van der Waals surface area contributed by atoms with Gasteiger partial charge in [0.2, 0.25) is 0 Å². The van der Waals surface area contributed by atoms with Gasteiger partial charge in [-0.2, -0.15) is 0 Å². The van der Waals surface area contributed by atoms with Crippen molar-refractivity contribution in [3.8, 4) is 5.75 Å². The lowest BCUT2D eigenvalue weighted by Crippen LogP contribution is -2.48. The fraction of sp³-hybridized carbons (Fsp3) is 0.435. The van der Waals surface area contributed by atoms with Crippen molar-refractivity contribution in [1.82, 2.24) is 10.6 Å². The Hall–Kier alpha value is -1.51. The van der Waals surface area contributed by atoms with Crippen LogP contribution in [0.5, 0.6) is 5.75 Å². The highest BCUT2D eigenvalue weighted by molar-refractivity contribution is 14.0. The van der Waals surface area contributed by atoms with E-state index in [1.165, 1.54) is 5.56 Å². The van der Waals surface area contributed by atoms with Gasteiger partial charge in [0.1, 0.15) is 5.75 Å². The minimum Gasteiger partial charge on any atom is -0.497 e. The van der Waals surface area contributed by atoms with Gasteiger partial charge in [-0.05, 0) is 49.1 Å². The van der Waals surface area contributed by atoms with Gasteiger partial charge < -0.3 is 20.1 Å². The van der Waals surface area contributed by atoms with Gasteiger partial charge in [-0.1, -0.05) is 41.9 Å². The van der Waals surface area contributed by atoms with Gasteiger partial charge in [-0.15, -0.1) is 24.0 Å². The van der Waals surface area contributed by atoms with Crippen LogP contribution in [-0.2, 0) is 16.7 Å². The van der Waals surface area contributed by atoms with Crippen molar-refractivity contribution in [2.75, 3.05) is 33.4 Å². The molecule has 0 spiro atoms. The van der Waals surface area contributed by atoms with E-state index >= 15 is 0 Å². The topological polar surface area (TPSA) is 54.9 Å². The number of benzene rings is 2. The third-order valence-electron chi connectivity index (χ3n) is 5.41. The Morgan fingerprint density at radius 3 is 2.43 bits per heavy atom. The molecule has 1 aliphatic rings. The molecule has 1 aliphatic heterocycles. The van der Waals surface area contributed by atoms with Gasteiger partial charge in [0, 0.05) is 36.7 Å². The van der Waals surface area contributed by atoms with Crippen molar-refractivity contribution in [2.24, 2.45) is 4.99 Å². The van der Waals surface area contributed by atoms with Crippen LogP contribution < -0.4 is 15.4 Å². The lowest BCUT2D eigenvalue weighted by atomic mass is 9.74. The summed E-state index contributed by atoms with van der Waals surface area (Å²) in [5.41, 5.74) is 2.26. The smallest absolute Gasteiger partial charge is 0.191 e. The molecule has 3 rings (SSSR count). The van der Waals surface area contributed by atoms with Gasteiger partial charge in [0.25, 0.3) is 0 Å². The molecule has 2 aromatic rings. The average molecular weight is 544 g/mol. The standard InChI is InChI=1S/C23H30ClN3O2.HI/c1-3-25-22(26-16-18-8-10-19(28-2)11-9-18)27-17-23(12-14-29-15-13-23)20-6-4-5-7-21(20)24;/h4-11H,3,12-17H2,1-2H3,(H2,25,26,27);1H. The summed E-state index contributed by atoms with van der Waals surface area (Å²) in [5, 5.41) is 7.71. The molecular weight excluding hydrogens is 513 g/mol. The summed E-state index contributed by atoms with van der Waals surface area (Å²) in [6.45, 7) is 5.72. The number of aliphatic imine (C=N–C) groups is 1. The highest BCUT2D eigenvalue weighted by Crippen LogP contribution is 2.38. The molecule has 2 aromatic carbocycles.